The second-order valence-corrected chi connectivity index (χ2v) is 12.7. The first-order chi connectivity index (χ1) is 20.8. The first-order valence-corrected chi connectivity index (χ1v) is 18.0. The lowest BCUT2D eigenvalue weighted by Gasteiger charge is -2.07. The molecule has 0 bridgehead atoms. The maximum Gasteiger partial charge on any atom is 0.169 e. The average molecular weight is 569 g/mol. The predicted octanol–water partition coefficient (Wildman–Crippen LogP) is 12.7. The van der Waals surface area contributed by atoms with Crippen LogP contribution < -0.4 is 4.57 Å². The van der Waals surface area contributed by atoms with Crippen LogP contribution in [0.3, 0.4) is 0 Å². The summed E-state index contributed by atoms with van der Waals surface area (Å²) in [4.78, 5) is 0. The van der Waals surface area contributed by atoms with Gasteiger partial charge in [-0.3, -0.25) is 0 Å². The van der Waals surface area contributed by atoms with Crippen LogP contribution in [-0.2, 0) is 13.0 Å². The third kappa shape index (κ3) is 14.2. The van der Waals surface area contributed by atoms with E-state index in [0.717, 1.165) is 6.54 Å². The zero-order valence-electron chi connectivity index (χ0n) is 27.4. The maximum atomic E-state index is 2.35. The lowest BCUT2D eigenvalue weighted by molar-refractivity contribution is -0.697. The van der Waals surface area contributed by atoms with E-state index in [9.17, 15) is 0 Å². The van der Waals surface area contributed by atoms with E-state index in [2.05, 4.69) is 91.5 Å². The van der Waals surface area contributed by atoms with E-state index >= 15 is 0 Å². The summed E-state index contributed by atoms with van der Waals surface area (Å²) in [7, 11) is 0. The second kappa shape index (κ2) is 22.2. The van der Waals surface area contributed by atoms with Gasteiger partial charge >= 0.3 is 0 Å². The van der Waals surface area contributed by atoms with Gasteiger partial charge in [-0.1, -0.05) is 172 Å². The summed E-state index contributed by atoms with van der Waals surface area (Å²) in [6, 6.07) is 22.9. The van der Waals surface area contributed by atoms with Crippen molar-refractivity contribution >= 4 is 0 Å². The van der Waals surface area contributed by atoms with E-state index in [1.165, 1.54) is 163 Å². The second-order valence-electron chi connectivity index (χ2n) is 12.7. The van der Waals surface area contributed by atoms with Gasteiger partial charge in [0, 0.05) is 18.6 Å². The van der Waals surface area contributed by atoms with Crippen LogP contribution in [-0.4, -0.2) is 0 Å². The molecule has 0 fully saturated rings. The Bertz CT molecular complexity index is 945. The minimum absolute atomic E-state index is 1.13. The molecule has 230 valence electrons. The van der Waals surface area contributed by atoms with Crippen LogP contribution in [0.15, 0.2) is 73.1 Å². The van der Waals surface area contributed by atoms with Gasteiger partial charge in [0.05, 0.1) is 0 Å². The van der Waals surface area contributed by atoms with Crippen molar-refractivity contribution in [1.82, 2.24) is 0 Å². The highest BCUT2D eigenvalue weighted by atomic mass is 14.9. The Morgan fingerprint density at radius 2 is 0.690 bits per heavy atom. The number of rotatable bonds is 24. The molecular formula is C41H62N+. The molecule has 0 saturated heterocycles. The molecule has 1 nitrogen and oxygen atoms in total. The van der Waals surface area contributed by atoms with Crippen molar-refractivity contribution in [3.8, 4) is 22.3 Å². The molecule has 42 heavy (non-hydrogen) atoms. The number of benzene rings is 2. The fourth-order valence-electron chi connectivity index (χ4n) is 6.12. The van der Waals surface area contributed by atoms with Crippen molar-refractivity contribution in [2.45, 2.75) is 155 Å². The van der Waals surface area contributed by atoms with Crippen LogP contribution in [0.5, 0.6) is 0 Å². The molecule has 0 aliphatic heterocycles. The molecule has 0 saturated carbocycles. The van der Waals surface area contributed by atoms with Gasteiger partial charge in [0.1, 0.15) is 6.54 Å². The Hall–Kier alpha value is -2.41. The van der Waals surface area contributed by atoms with Crippen LogP contribution in [0.4, 0.5) is 0 Å². The molecule has 0 radical (unpaired) electrons. The number of unbranched alkanes of at least 4 members (excludes halogenated alkanes) is 18. The third-order valence-corrected chi connectivity index (χ3v) is 8.99. The lowest BCUT2D eigenvalue weighted by Crippen LogP contribution is -2.32. The summed E-state index contributed by atoms with van der Waals surface area (Å²) in [5.74, 6) is 0. The fraction of sp³-hybridized carbons (Fsp3) is 0.585. The molecule has 0 aliphatic rings. The third-order valence-electron chi connectivity index (χ3n) is 8.99. The Kier molecular flexibility index (Phi) is 18.0. The number of aromatic nitrogens is 1. The van der Waals surface area contributed by atoms with Gasteiger partial charge in [-0.2, -0.15) is 0 Å². The van der Waals surface area contributed by atoms with Gasteiger partial charge in [0.15, 0.2) is 12.4 Å². The highest BCUT2D eigenvalue weighted by molar-refractivity contribution is 5.70. The molecule has 1 heterocycles. The summed E-state index contributed by atoms with van der Waals surface area (Å²) in [5, 5.41) is 0. The largest absolute Gasteiger partial charge is 0.205 e. The van der Waals surface area contributed by atoms with E-state index in [0.29, 0.717) is 0 Å². The zero-order chi connectivity index (χ0) is 29.5. The topological polar surface area (TPSA) is 3.88 Å². The van der Waals surface area contributed by atoms with Crippen LogP contribution in [0.25, 0.3) is 22.3 Å². The minimum atomic E-state index is 1.13. The summed E-state index contributed by atoms with van der Waals surface area (Å²) in [5.41, 5.74) is 6.69. The van der Waals surface area contributed by atoms with Gasteiger partial charge < -0.3 is 0 Å². The van der Waals surface area contributed by atoms with E-state index in [4.69, 9.17) is 0 Å². The Labute approximate surface area is 260 Å². The monoisotopic (exact) mass is 568 g/mol. The SMILES string of the molecule is CCCCCCCCCCCCc1ccc(-c2ccc(-c3cc[n+](CCCCCCCCCCCC)cc3)cc2)cc1. The molecule has 1 aromatic heterocycles. The van der Waals surface area contributed by atoms with Gasteiger partial charge in [-0.15, -0.1) is 0 Å². The number of hydrogen-bond acceptors (Lipinski definition) is 0. The van der Waals surface area contributed by atoms with E-state index in [1.807, 2.05) is 0 Å². The molecular weight excluding hydrogens is 506 g/mol. The van der Waals surface area contributed by atoms with Gasteiger partial charge in [-0.05, 0) is 47.1 Å². The van der Waals surface area contributed by atoms with Crippen molar-refractivity contribution < 1.29 is 4.57 Å². The average Bonchev–Trinajstić information content (AvgIpc) is 3.03. The minimum Gasteiger partial charge on any atom is -0.205 e. The van der Waals surface area contributed by atoms with Crippen LogP contribution >= 0.6 is 0 Å². The number of nitrogens with zero attached hydrogens (tertiary/aromatic N) is 1. The maximum absolute atomic E-state index is 2.35. The molecule has 0 atom stereocenters. The quantitative estimate of drug-likeness (QED) is 0.0747. The van der Waals surface area contributed by atoms with Crippen LogP contribution in [0.1, 0.15) is 148 Å². The van der Waals surface area contributed by atoms with E-state index in [1.54, 1.807) is 0 Å². The molecule has 0 N–H and O–H groups in total. The molecule has 0 amide bonds. The van der Waals surface area contributed by atoms with Crippen LogP contribution in [0.2, 0.25) is 0 Å². The molecule has 0 aliphatic carbocycles. The van der Waals surface area contributed by atoms with Crippen molar-refractivity contribution in [3.05, 3.63) is 78.6 Å². The highest BCUT2D eigenvalue weighted by Crippen LogP contribution is 2.25. The van der Waals surface area contributed by atoms with E-state index in [-0.39, 0.29) is 0 Å². The number of aryl methyl sites for hydroxylation is 2. The van der Waals surface area contributed by atoms with Crippen molar-refractivity contribution in [1.29, 1.82) is 0 Å². The standard InChI is InChI=1S/C41H62N/c1-3-5-7-9-11-13-15-17-19-21-23-37-24-26-38(27-25-37)39-28-30-40(31-29-39)41-32-35-42(36-33-41)34-22-20-18-16-14-12-10-8-6-4-2/h24-33,35-36H,3-23,34H2,1-2H3/q+1. The lowest BCUT2D eigenvalue weighted by atomic mass is 9.98. The molecule has 1 heteroatoms. The smallest absolute Gasteiger partial charge is 0.169 e. The summed E-state index contributed by atoms with van der Waals surface area (Å²) >= 11 is 0. The van der Waals surface area contributed by atoms with E-state index < -0.39 is 0 Å². The summed E-state index contributed by atoms with van der Waals surface area (Å²) in [6.45, 7) is 5.72. The van der Waals surface area contributed by atoms with Crippen molar-refractivity contribution in [3.63, 3.8) is 0 Å². The molecule has 2 aromatic carbocycles. The molecule has 0 unspecified atom stereocenters. The van der Waals surface area contributed by atoms with Gasteiger partial charge in [-0.25, -0.2) is 4.57 Å². The number of pyridine rings is 1. The molecule has 3 aromatic rings. The zero-order valence-corrected chi connectivity index (χ0v) is 27.4. The van der Waals surface area contributed by atoms with Gasteiger partial charge in [0.25, 0.3) is 0 Å². The normalized spacial score (nSPS) is 11.3. The highest BCUT2D eigenvalue weighted by Gasteiger charge is 2.05. The first kappa shape index (κ1) is 34.1. The fourth-order valence-corrected chi connectivity index (χ4v) is 6.12. The Balaban J connectivity index is 1.30. The first-order valence-electron chi connectivity index (χ1n) is 18.0. The molecule has 3 rings (SSSR count). The predicted molar refractivity (Wildman–Crippen MR) is 185 cm³/mol. The van der Waals surface area contributed by atoms with Crippen LogP contribution in [0, 0.1) is 0 Å². The van der Waals surface area contributed by atoms with Crippen molar-refractivity contribution in [2.24, 2.45) is 0 Å². The Morgan fingerprint density at radius 1 is 0.357 bits per heavy atom. The van der Waals surface area contributed by atoms with Crippen molar-refractivity contribution in [2.75, 3.05) is 0 Å². The number of hydrogen-bond donors (Lipinski definition) is 0. The molecule has 0 spiro atoms. The summed E-state index contributed by atoms with van der Waals surface area (Å²) < 4.78 is 2.35. The van der Waals surface area contributed by atoms with Gasteiger partial charge in [0.2, 0.25) is 0 Å². The Morgan fingerprint density at radius 3 is 1.12 bits per heavy atom. The summed E-state index contributed by atoms with van der Waals surface area (Å²) in [6.07, 6.45) is 33.7.